The van der Waals surface area contributed by atoms with Gasteiger partial charge in [0.25, 0.3) is 5.69 Å². The zero-order valence-corrected chi connectivity index (χ0v) is 13.5. The molecular formula is C15H21ClN2O3. The molecule has 21 heavy (non-hydrogen) atoms. The third-order valence-corrected chi connectivity index (χ3v) is 4.67. The van der Waals surface area contributed by atoms with Crippen molar-refractivity contribution in [3.05, 3.63) is 32.8 Å². The van der Waals surface area contributed by atoms with Crippen LogP contribution >= 0.6 is 11.6 Å². The molecule has 0 amide bonds. The van der Waals surface area contributed by atoms with E-state index in [9.17, 15) is 10.1 Å². The maximum Gasteiger partial charge on any atom is 0.288 e. The van der Waals surface area contributed by atoms with Gasteiger partial charge in [-0.1, -0.05) is 25.4 Å². The van der Waals surface area contributed by atoms with Gasteiger partial charge in [-0.15, -0.1) is 0 Å². The number of aryl methyl sites for hydroxylation is 1. The highest BCUT2D eigenvalue weighted by molar-refractivity contribution is 6.33. The first-order valence-corrected chi connectivity index (χ1v) is 7.47. The molecule has 0 radical (unpaired) electrons. The minimum Gasteiger partial charge on any atom is -0.381 e. The first-order chi connectivity index (χ1) is 9.77. The monoisotopic (exact) mass is 312 g/mol. The highest BCUT2D eigenvalue weighted by atomic mass is 35.5. The number of hydrogen-bond donors (Lipinski definition) is 1. The SMILES string of the molecule is CCOC1CC(Nc2cc(Cl)c([N+](=O)[O-])cc2C)C1(C)C. The quantitative estimate of drug-likeness (QED) is 0.654. The van der Waals surface area contributed by atoms with Crippen LogP contribution in [0.5, 0.6) is 0 Å². The third-order valence-electron chi connectivity index (χ3n) is 4.37. The Bertz CT molecular complexity index is 560. The average molecular weight is 313 g/mol. The third kappa shape index (κ3) is 2.99. The molecule has 0 saturated heterocycles. The zero-order valence-electron chi connectivity index (χ0n) is 12.8. The van der Waals surface area contributed by atoms with Gasteiger partial charge in [0.1, 0.15) is 5.02 Å². The van der Waals surface area contributed by atoms with Crippen LogP contribution in [0.25, 0.3) is 0 Å². The van der Waals surface area contributed by atoms with Crippen molar-refractivity contribution >= 4 is 23.0 Å². The topological polar surface area (TPSA) is 64.4 Å². The van der Waals surface area contributed by atoms with E-state index < -0.39 is 4.92 Å². The van der Waals surface area contributed by atoms with Crippen molar-refractivity contribution in [3.8, 4) is 0 Å². The molecular weight excluding hydrogens is 292 g/mol. The van der Waals surface area contributed by atoms with Crippen molar-refractivity contribution in [2.24, 2.45) is 5.41 Å². The van der Waals surface area contributed by atoms with Crippen molar-refractivity contribution in [3.63, 3.8) is 0 Å². The van der Waals surface area contributed by atoms with Gasteiger partial charge >= 0.3 is 0 Å². The molecule has 1 aliphatic rings. The fraction of sp³-hybridized carbons (Fsp3) is 0.600. The molecule has 2 atom stereocenters. The van der Waals surface area contributed by atoms with E-state index in [0.29, 0.717) is 6.61 Å². The van der Waals surface area contributed by atoms with Gasteiger partial charge in [-0.05, 0) is 31.9 Å². The van der Waals surface area contributed by atoms with E-state index in [0.717, 1.165) is 17.7 Å². The van der Waals surface area contributed by atoms with Gasteiger partial charge in [0.2, 0.25) is 0 Å². The molecule has 0 aromatic heterocycles. The Morgan fingerprint density at radius 1 is 1.52 bits per heavy atom. The van der Waals surface area contributed by atoms with Crippen molar-refractivity contribution in [2.45, 2.75) is 46.3 Å². The van der Waals surface area contributed by atoms with Crippen LogP contribution in [-0.2, 0) is 4.74 Å². The van der Waals surface area contributed by atoms with Gasteiger partial charge in [0.15, 0.2) is 0 Å². The zero-order chi connectivity index (χ0) is 15.8. The van der Waals surface area contributed by atoms with Crippen LogP contribution in [0.4, 0.5) is 11.4 Å². The van der Waals surface area contributed by atoms with Crippen LogP contribution in [0.3, 0.4) is 0 Å². The predicted molar refractivity (Wildman–Crippen MR) is 84.1 cm³/mol. The van der Waals surface area contributed by atoms with Crippen molar-refractivity contribution in [2.75, 3.05) is 11.9 Å². The Morgan fingerprint density at radius 3 is 2.71 bits per heavy atom. The molecule has 2 unspecified atom stereocenters. The molecule has 0 heterocycles. The lowest BCUT2D eigenvalue weighted by atomic mass is 9.64. The van der Waals surface area contributed by atoms with Gasteiger partial charge in [-0.3, -0.25) is 10.1 Å². The number of ether oxygens (including phenoxy) is 1. The lowest BCUT2D eigenvalue weighted by Gasteiger charge is -2.52. The van der Waals surface area contributed by atoms with Crippen molar-refractivity contribution in [1.82, 2.24) is 0 Å². The van der Waals surface area contributed by atoms with E-state index in [1.807, 2.05) is 13.8 Å². The highest BCUT2D eigenvalue weighted by Gasteiger charge is 2.49. The van der Waals surface area contributed by atoms with Crippen LogP contribution in [0, 0.1) is 22.5 Å². The first-order valence-electron chi connectivity index (χ1n) is 7.10. The first kappa shape index (κ1) is 16.0. The van der Waals surface area contributed by atoms with Gasteiger partial charge in [0, 0.05) is 29.8 Å². The standard InChI is InChI=1S/C15H21ClN2O3/c1-5-21-14-8-13(15(14,3)4)17-11-7-10(16)12(18(19)20)6-9(11)2/h6-7,13-14,17H,5,8H2,1-4H3. The summed E-state index contributed by atoms with van der Waals surface area (Å²) in [5.74, 6) is 0. The normalized spacial score (nSPS) is 23.5. The molecule has 1 aromatic carbocycles. The summed E-state index contributed by atoms with van der Waals surface area (Å²) < 4.78 is 5.71. The maximum absolute atomic E-state index is 10.9. The minimum atomic E-state index is -0.461. The second-order valence-electron chi connectivity index (χ2n) is 6.07. The maximum atomic E-state index is 10.9. The summed E-state index contributed by atoms with van der Waals surface area (Å²) in [7, 11) is 0. The van der Waals surface area contributed by atoms with Crippen molar-refractivity contribution in [1.29, 1.82) is 0 Å². The lowest BCUT2D eigenvalue weighted by Crippen LogP contribution is -2.58. The number of hydrogen-bond acceptors (Lipinski definition) is 4. The number of nitrogens with one attached hydrogen (secondary N) is 1. The second-order valence-corrected chi connectivity index (χ2v) is 6.48. The number of halogens is 1. The minimum absolute atomic E-state index is 0.0245. The van der Waals surface area contributed by atoms with Crippen LogP contribution in [0.1, 0.15) is 32.8 Å². The summed E-state index contributed by atoms with van der Waals surface area (Å²) in [6.45, 7) is 8.88. The number of nitrogens with zero attached hydrogens (tertiary/aromatic N) is 1. The van der Waals surface area contributed by atoms with E-state index in [-0.39, 0.29) is 28.3 Å². The Morgan fingerprint density at radius 2 is 2.19 bits per heavy atom. The number of nitro groups is 1. The number of anilines is 1. The van der Waals surface area contributed by atoms with Gasteiger partial charge in [0.05, 0.1) is 11.0 Å². The molecule has 1 N–H and O–H groups in total. The average Bonchev–Trinajstić information content (AvgIpc) is 2.40. The molecule has 0 aliphatic heterocycles. The molecule has 1 saturated carbocycles. The summed E-state index contributed by atoms with van der Waals surface area (Å²) >= 11 is 5.98. The Labute approximate surface area is 129 Å². The number of rotatable bonds is 5. The van der Waals surface area contributed by atoms with Crippen LogP contribution in [-0.4, -0.2) is 23.7 Å². The van der Waals surface area contributed by atoms with E-state index in [2.05, 4.69) is 19.2 Å². The highest BCUT2D eigenvalue weighted by Crippen LogP contribution is 2.45. The van der Waals surface area contributed by atoms with Crippen molar-refractivity contribution < 1.29 is 9.66 Å². The molecule has 0 spiro atoms. The van der Waals surface area contributed by atoms with E-state index in [1.165, 1.54) is 6.07 Å². The van der Waals surface area contributed by atoms with E-state index in [1.54, 1.807) is 6.07 Å². The summed E-state index contributed by atoms with van der Waals surface area (Å²) in [5.41, 5.74) is 1.64. The molecule has 1 fully saturated rings. The Hall–Kier alpha value is -1.33. The van der Waals surface area contributed by atoms with Gasteiger partial charge in [-0.25, -0.2) is 0 Å². The Balaban J connectivity index is 2.15. The van der Waals surface area contributed by atoms with Crippen LogP contribution in [0.2, 0.25) is 5.02 Å². The fourth-order valence-electron chi connectivity index (χ4n) is 2.76. The molecule has 116 valence electrons. The molecule has 1 aromatic rings. The summed E-state index contributed by atoms with van der Waals surface area (Å²) in [5, 5.41) is 14.5. The number of benzene rings is 1. The van der Waals surface area contributed by atoms with Crippen LogP contribution < -0.4 is 5.32 Å². The van der Waals surface area contributed by atoms with E-state index in [4.69, 9.17) is 16.3 Å². The van der Waals surface area contributed by atoms with E-state index >= 15 is 0 Å². The molecule has 2 rings (SSSR count). The molecule has 1 aliphatic carbocycles. The van der Waals surface area contributed by atoms with Crippen LogP contribution in [0.15, 0.2) is 12.1 Å². The molecule has 6 heteroatoms. The molecule has 0 bridgehead atoms. The van der Waals surface area contributed by atoms with Gasteiger partial charge < -0.3 is 10.1 Å². The second kappa shape index (κ2) is 5.81. The largest absolute Gasteiger partial charge is 0.381 e. The Kier molecular flexibility index (Phi) is 4.44. The fourth-order valence-corrected chi connectivity index (χ4v) is 3.00. The summed E-state index contributed by atoms with van der Waals surface area (Å²) in [4.78, 5) is 10.4. The smallest absolute Gasteiger partial charge is 0.288 e. The predicted octanol–water partition coefficient (Wildman–Crippen LogP) is 4.17. The van der Waals surface area contributed by atoms with Gasteiger partial charge in [-0.2, -0.15) is 0 Å². The molecule has 5 nitrogen and oxygen atoms in total. The number of nitro benzene ring substituents is 1. The summed E-state index contributed by atoms with van der Waals surface area (Å²) in [6.07, 6.45) is 1.17. The summed E-state index contributed by atoms with van der Waals surface area (Å²) in [6, 6.07) is 3.42. The lowest BCUT2D eigenvalue weighted by molar-refractivity contribution is -0.384.